The van der Waals surface area contributed by atoms with E-state index in [1.807, 2.05) is 0 Å². The van der Waals surface area contributed by atoms with Crippen molar-refractivity contribution in [3.05, 3.63) is 22.5 Å². The summed E-state index contributed by atoms with van der Waals surface area (Å²) in [5, 5.41) is 2.76. The van der Waals surface area contributed by atoms with Gasteiger partial charge >= 0.3 is 7.60 Å². The van der Waals surface area contributed by atoms with E-state index in [0.29, 0.717) is 12.0 Å². The van der Waals surface area contributed by atoms with Crippen LogP contribution in [0.5, 0.6) is 0 Å². The number of hydrogen-bond acceptors (Lipinski definition) is 2. The van der Waals surface area contributed by atoms with Crippen LogP contribution >= 0.6 is 7.60 Å². The van der Waals surface area contributed by atoms with Gasteiger partial charge in [-0.25, -0.2) is 0 Å². The van der Waals surface area contributed by atoms with Gasteiger partial charge in [0.05, 0.1) is 0 Å². The highest BCUT2D eigenvalue weighted by Gasteiger charge is 2.03. The van der Waals surface area contributed by atoms with Crippen LogP contribution < -0.4 is 0 Å². The van der Waals surface area contributed by atoms with Gasteiger partial charge in [-0.05, 0) is 5.53 Å². The van der Waals surface area contributed by atoms with Gasteiger partial charge in [-0.1, -0.05) is 5.11 Å². The molecule has 0 spiro atoms. The van der Waals surface area contributed by atoms with Gasteiger partial charge in [0, 0.05) is 16.9 Å². The van der Waals surface area contributed by atoms with Crippen molar-refractivity contribution in [2.45, 2.75) is 0 Å². The molecule has 0 aromatic rings. The van der Waals surface area contributed by atoms with Crippen LogP contribution in [0.3, 0.4) is 0 Å². The Kier molecular flexibility index (Phi) is 2.98. The normalized spacial score (nSPS) is 11.3. The molecule has 7 heteroatoms. The second-order valence-corrected chi connectivity index (χ2v) is 2.57. The molecule has 0 aliphatic heterocycles. The van der Waals surface area contributed by atoms with Gasteiger partial charge in [0.1, 0.15) is 0 Å². The van der Waals surface area contributed by atoms with E-state index >= 15 is 0 Å². The Labute approximate surface area is 50.6 Å². The number of azide groups is 1. The summed E-state index contributed by atoms with van der Waals surface area (Å²) in [7, 11) is -4.14. The molecule has 0 aromatic carbocycles. The summed E-state index contributed by atoms with van der Waals surface area (Å²) >= 11 is 0. The lowest BCUT2D eigenvalue weighted by molar-refractivity contribution is 0.386. The Morgan fingerprint density at radius 1 is 1.67 bits per heavy atom. The van der Waals surface area contributed by atoms with E-state index in [9.17, 15) is 4.57 Å². The standard InChI is InChI=1S/C2H4N3O3P/c3-5-4-1-2-9(6,7)8/h1-2H,(H2,6,7,8). The zero-order valence-corrected chi connectivity index (χ0v) is 5.14. The van der Waals surface area contributed by atoms with Crippen molar-refractivity contribution in [1.29, 1.82) is 0 Å². The highest BCUT2D eigenvalue weighted by molar-refractivity contribution is 7.55. The number of nitrogens with zero attached hydrogens (tertiary/aromatic N) is 3. The molecule has 0 amide bonds. The molecule has 50 valence electrons. The first kappa shape index (κ1) is 8.20. The maximum atomic E-state index is 9.93. The van der Waals surface area contributed by atoms with Crippen LogP contribution in [0.4, 0.5) is 0 Å². The SMILES string of the molecule is [N-]=[N+]=NC=CP(=O)(O)O. The molecule has 9 heavy (non-hydrogen) atoms. The summed E-state index contributed by atoms with van der Waals surface area (Å²) in [6.45, 7) is 0. The quantitative estimate of drug-likeness (QED) is 0.264. The fourth-order valence-corrected chi connectivity index (χ4v) is 0.380. The molecule has 0 aliphatic carbocycles. The van der Waals surface area contributed by atoms with Crippen molar-refractivity contribution in [3.63, 3.8) is 0 Å². The molecule has 0 aliphatic rings. The van der Waals surface area contributed by atoms with Crippen LogP contribution in [-0.4, -0.2) is 9.79 Å². The maximum absolute atomic E-state index is 9.93. The van der Waals surface area contributed by atoms with Gasteiger partial charge < -0.3 is 9.79 Å². The first-order valence-corrected chi connectivity index (χ1v) is 3.51. The van der Waals surface area contributed by atoms with Crippen LogP contribution in [0.2, 0.25) is 0 Å². The Morgan fingerprint density at radius 2 is 2.22 bits per heavy atom. The highest BCUT2D eigenvalue weighted by atomic mass is 31.2. The molecule has 6 nitrogen and oxygen atoms in total. The first-order chi connectivity index (χ1) is 4.06. The molecule has 0 bridgehead atoms. The van der Waals surface area contributed by atoms with E-state index in [1.165, 1.54) is 0 Å². The average Bonchev–Trinajstić information content (AvgIpc) is 1.63. The summed E-state index contributed by atoms with van der Waals surface area (Å²) in [5.41, 5.74) is 7.62. The van der Waals surface area contributed by atoms with E-state index in [0.717, 1.165) is 0 Å². The molecular formula is C2H4N3O3P. The smallest absolute Gasteiger partial charge is 0.321 e. The first-order valence-electron chi connectivity index (χ1n) is 1.83. The van der Waals surface area contributed by atoms with Crippen LogP contribution in [0.15, 0.2) is 17.1 Å². The Bertz CT molecular complexity index is 199. The minimum absolute atomic E-state index is 0.521. The lowest BCUT2D eigenvalue weighted by Gasteiger charge is -1.89. The van der Waals surface area contributed by atoms with E-state index < -0.39 is 7.60 Å². The lowest BCUT2D eigenvalue weighted by atomic mass is 11.1. The van der Waals surface area contributed by atoms with Gasteiger partial charge in [0.2, 0.25) is 0 Å². The summed E-state index contributed by atoms with van der Waals surface area (Å²) in [4.78, 5) is 18.4. The molecule has 0 saturated heterocycles. The van der Waals surface area contributed by atoms with Gasteiger partial charge in [-0.15, -0.1) is 0 Å². The van der Waals surface area contributed by atoms with Crippen molar-refractivity contribution in [2.24, 2.45) is 5.11 Å². The molecule has 0 atom stereocenters. The third-order valence-corrected chi connectivity index (χ3v) is 0.901. The topological polar surface area (TPSA) is 106 Å². The fourth-order valence-electron chi connectivity index (χ4n) is 0.146. The largest absolute Gasteiger partial charge is 0.348 e. The molecule has 0 unspecified atom stereocenters. The summed E-state index contributed by atoms with van der Waals surface area (Å²) in [6.07, 6.45) is 0.709. The molecule has 0 fully saturated rings. The molecule has 2 N–H and O–H groups in total. The molecule has 0 rings (SSSR count). The summed E-state index contributed by atoms with van der Waals surface area (Å²) in [6, 6.07) is 0. The third-order valence-electron chi connectivity index (χ3n) is 0.379. The second-order valence-electron chi connectivity index (χ2n) is 1.09. The van der Waals surface area contributed by atoms with Crippen LogP contribution in [0.1, 0.15) is 0 Å². The summed E-state index contributed by atoms with van der Waals surface area (Å²) in [5.74, 6) is 0.521. The van der Waals surface area contributed by atoms with E-state index in [-0.39, 0.29) is 0 Å². The monoisotopic (exact) mass is 149 g/mol. The van der Waals surface area contributed by atoms with E-state index in [4.69, 9.17) is 15.3 Å². The Balaban J connectivity index is 4.02. The van der Waals surface area contributed by atoms with Crippen LogP contribution in [0.25, 0.3) is 10.4 Å². The van der Waals surface area contributed by atoms with E-state index in [2.05, 4.69) is 10.0 Å². The zero-order valence-electron chi connectivity index (χ0n) is 4.25. The minimum Gasteiger partial charge on any atom is -0.321 e. The molecule has 0 heterocycles. The van der Waals surface area contributed by atoms with Crippen LogP contribution in [0, 0.1) is 0 Å². The number of hydrogen-bond donors (Lipinski definition) is 2. The van der Waals surface area contributed by atoms with Crippen molar-refractivity contribution in [1.82, 2.24) is 0 Å². The van der Waals surface area contributed by atoms with Crippen molar-refractivity contribution in [3.8, 4) is 0 Å². The van der Waals surface area contributed by atoms with Crippen molar-refractivity contribution >= 4 is 7.60 Å². The fraction of sp³-hybridized carbons (Fsp3) is 0. The molecular weight excluding hydrogens is 145 g/mol. The van der Waals surface area contributed by atoms with Crippen molar-refractivity contribution < 1.29 is 14.4 Å². The summed E-state index contributed by atoms with van der Waals surface area (Å²) < 4.78 is 9.93. The predicted octanol–water partition coefficient (Wildman–Crippen LogP) is 0.946. The Morgan fingerprint density at radius 3 is 2.56 bits per heavy atom. The van der Waals surface area contributed by atoms with Crippen molar-refractivity contribution in [2.75, 3.05) is 0 Å². The van der Waals surface area contributed by atoms with Gasteiger partial charge in [0.15, 0.2) is 0 Å². The maximum Gasteiger partial charge on any atom is 0.348 e. The van der Waals surface area contributed by atoms with E-state index in [1.54, 1.807) is 0 Å². The van der Waals surface area contributed by atoms with Crippen LogP contribution in [-0.2, 0) is 4.57 Å². The van der Waals surface area contributed by atoms with Gasteiger partial charge in [0.25, 0.3) is 0 Å². The Hall–Kier alpha value is -0.800. The van der Waals surface area contributed by atoms with Gasteiger partial charge in [-0.2, -0.15) is 0 Å². The lowest BCUT2D eigenvalue weighted by Crippen LogP contribution is -1.65. The predicted molar refractivity (Wildman–Crippen MR) is 30.3 cm³/mol. The van der Waals surface area contributed by atoms with Gasteiger partial charge in [-0.3, -0.25) is 4.57 Å². The molecule has 0 saturated carbocycles. The minimum atomic E-state index is -4.14. The average molecular weight is 149 g/mol. The highest BCUT2D eigenvalue weighted by Crippen LogP contribution is 2.35. The zero-order chi connectivity index (χ0) is 7.33. The number of rotatable bonds is 2. The molecule has 0 radical (unpaired) electrons. The second kappa shape index (κ2) is 3.27. The molecule has 0 aromatic heterocycles. The third kappa shape index (κ3) is 7.20.